The highest BCUT2D eigenvalue weighted by atomic mass is 35.5. The van der Waals surface area contributed by atoms with Gasteiger partial charge in [0, 0.05) is 6.54 Å². The quantitative estimate of drug-likeness (QED) is 0.598. The number of aromatic nitrogens is 2. The molecule has 0 saturated heterocycles. The second kappa shape index (κ2) is 7.40. The number of hydrogen-bond acceptors (Lipinski definition) is 7. The molecule has 0 amide bonds. The van der Waals surface area contributed by atoms with E-state index >= 15 is 0 Å². The Balaban J connectivity index is 1.83. The minimum Gasteiger partial charge on any atom is -0.360 e. The van der Waals surface area contributed by atoms with Gasteiger partial charge < -0.3 is 5.32 Å². The van der Waals surface area contributed by atoms with Gasteiger partial charge in [-0.3, -0.25) is 4.79 Å². The van der Waals surface area contributed by atoms with Gasteiger partial charge in [0.15, 0.2) is 10.1 Å². The molecule has 0 unspecified atom stereocenters. The number of carbonyl (C=O) groups is 1. The third kappa shape index (κ3) is 4.73. The van der Waals surface area contributed by atoms with Crippen LogP contribution in [0.3, 0.4) is 0 Å². The number of halogens is 1. The van der Waals surface area contributed by atoms with E-state index in [0.717, 1.165) is 16.0 Å². The summed E-state index contributed by atoms with van der Waals surface area (Å²) in [7, 11) is 0. The summed E-state index contributed by atoms with van der Waals surface area (Å²) in [5, 5.41) is 12.1. The summed E-state index contributed by atoms with van der Waals surface area (Å²) in [5.74, 6) is 0.981. The molecule has 20 heavy (non-hydrogen) atoms. The van der Waals surface area contributed by atoms with E-state index in [1.54, 1.807) is 12.1 Å². The van der Waals surface area contributed by atoms with Crippen LogP contribution in [0.25, 0.3) is 0 Å². The fourth-order valence-corrected chi connectivity index (χ4v) is 4.01. The van der Waals surface area contributed by atoms with Gasteiger partial charge in [-0.1, -0.05) is 48.5 Å². The molecule has 2 heterocycles. The molecule has 0 bridgehead atoms. The van der Waals surface area contributed by atoms with Crippen LogP contribution in [0.5, 0.6) is 0 Å². The fraction of sp³-hybridized carbons (Fsp3) is 0.417. The second-order valence-corrected chi connectivity index (χ2v) is 8.38. The molecular formula is C12H14ClN3OS3. The maximum Gasteiger partial charge on any atom is 0.206 e. The number of carbonyl (C=O) groups excluding carboxylic acids is 1. The summed E-state index contributed by atoms with van der Waals surface area (Å²) in [6.07, 6.45) is 0. The SMILES string of the molecule is CC(C)CNc1nnc(SCC(=O)c2ccc(Cl)s2)s1. The first kappa shape index (κ1) is 15.8. The molecule has 0 radical (unpaired) electrons. The molecule has 2 aromatic rings. The molecule has 0 aliphatic carbocycles. The van der Waals surface area contributed by atoms with Crippen molar-refractivity contribution in [2.24, 2.45) is 5.92 Å². The fourth-order valence-electron chi connectivity index (χ4n) is 1.29. The standard InChI is InChI=1S/C12H14ClN3OS3/c1-7(2)5-14-11-15-16-12(20-11)18-6-8(17)9-3-4-10(13)19-9/h3-4,7H,5-6H2,1-2H3,(H,14,15). The molecule has 0 spiro atoms. The van der Waals surface area contributed by atoms with E-state index < -0.39 is 0 Å². The van der Waals surface area contributed by atoms with Crippen molar-refractivity contribution < 1.29 is 4.79 Å². The van der Waals surface area contributed by atoms with E-state index in [9.17, 15) is 4.79 Å². The predicted octanol–water partition coefficient (Wildman–Crippen LogP) is 4.30. The number of thioether (sulfide) groups is 1. The van der Waals surface area contributed by atoms with E-state index in [-0.39, 0.29) is 5.78 Å². The predicted molar refractivity (Wildman–Crippen MR) is 87.6 cm³/mol. The first-order valence-electron chi connectivity index (χ1n) is 6.03. The lowest BCUT2D eigenvalue weighted by Crippen LogP contribution is -2.07. The Bertz CT molecular complexity index is 582. The molecule has 108 valence electrons. The van der Waals surface area contributed by atoms with Gasteiger partial charge in [-0.2, -0.15) is 0 Å². The van der Waals surface area contributed by atoms with Crippen LogP contribution in [0, 0.1) is 5.92 Å². The van der Waals surface area contributed by atoms with Gasteiger partial charge in [-0.25, -0.2) is 0 Å². The monoisotopic (exact) mass is 347 g/mol. The average molecular weight is 348 g/mol. The van der Waals surface area contributed by atoms with Crippen molar-refractivity contribution in [3.8, 4) is 0 Å². The summed E-state index contributed by atoms with van der Waals surface area (Å²) in [6, 6.07) is 3.49. The molecule has 1 N–H and O–H groups in total. The number of nitrogens with zero attached hydrogens (tertiary/aromatic N) is 2. The van der Waals surface area contributed by atoms with E-state index in [2.05, 4.69) is 29.4 Å². The topological polar surface area (TPSA) is 54.9 Å². The molecule has 2 rings (SSSR count). The number of rotatable bonds is 7. The third-order valence-electron chi connectivity index (χ3n) is 2.24. The van der Waals surface area contributed by atoms with Gasteiger partial charge in [-0.15, -0.1) is 21.5 Å². The van der Waals surface area contributed by atoms with Crippen LogP contribution in [0.2, 0.25) is 4.34 Å². The van der Waals surface area contributed by atoms with E-state index in [4.69, 9.17) is 11.6 Å². The van der Waals surface area contributed by atoms with E-state index in [1.165, 1.54) is 34.4 Å². The normalized spacial score (nSPS) is 11.0. The average Bonchev–Trinajstić information content (AvgIpc) is 3.02. The molecule has 4 nitrogen and oxygen atoms in total. The van der Waals surface area contributed by atoms with Crippen LogP contribution in [0.4, 0.5) is 5.13 Å². The highest BCUT2D eigenvalue weighted by molar-refractivity contribution is 8.01. The molecule has 0 fully saturated rings. The molecule has 0 aliphatic heterocycles. The summed E-state index contributed by atoms with van der Waals surface area (Å²) < 4.78 is 1.43. The molecule has 0 atom stereocenters. The lowest BCUT2D eigenvalue weighted by molar-refractivity contribution is 0.102. The summed E-state index contributed by atoms with van der Waals surface area (Å²) in [5.41, 5.74) is 0. The number of hydrogen-bond donors (Lipinski definition) is 1. The zero-order valence-corrected chi connectivity index (χ0v) is 14.3. The van der Waals surface area contributed by atoms with Crippen molar-refractivity contribution in [2.75, 3.05) is 17.6 Å². The lowest BCUT2D eigenvalue weighted by Gasteiger charge is -2.03. The van der Waals surface area contributed by atoms with Crippen LogP contribution in [0.1, 0.15) is 23.5 Å². The number of nitrogens with one attached hydrogen (secondary N) is 1. The Morgan fingerprint density at radius 3 is 2.85 bits per heavy atom. The number of Topliss-reactive ketones (excluding diaryl/α,β-unsaturated/α-hetero) is 1. The smallest absolute Gasteiger partial charge is 0.206 e. The number of anilines is 1. The first-order valence-corrected chi connectivity index (χ1v) is 9.03. The highest BCUT2D eigenvalue weighted by Gasteiger charge is 2.12. The van der Waals surface area contributed by atoms with Crippen LogP contribution in [-0.2, 0) is 0 Å². The van der Waals surface area contributed by atoms with Gasteiger partial charge in [0.2, 0.25) is 5.13 Å². The summed E-state index contributed by atoms with van der Waals surface area (Å²) in [6.45, 7) is 5.13. The van der Waals surface area contributed by atoms with E-state index in [1.807, 2.05) is 0 Å². The Kier molecular flexibility index (Phi) is 5.83. The van der Waals surface area contributed by atoms with Crippen LogP contribution in [-0.4, -0.2) is 28.3 Å². The minimum atomic E-state index is 0.0683. The van der Waals surface area contributed by atoms with Crippen molar-refractivity contribution in [3.05, 3.63) is 21.3 Å². The Labute approximate surface area is 135 Å². The van der Waals surface area contributed by atoms with Crippen molar-refractivity contribution in [1.82, 2.24) is 10.2 Å². The van der Waals surface area contributed by atoms with Crippen molar-refractivity contribution in [2.45, 2.75) is 18.2 Å². The molecule has 2 aromatic heterocycles. The van der Waals surface area contributed by atoms with Gasteiger partial charge in [0.05, 0.1) is 15.0 Å². The van der Waals surface area contributed by atoms with Gasteiger partial charge in [0.1, 0.15) is 0 Å². The third-order valence-corrected chi connectivity index (χ3v) is 5.53. The zero-order valence-electron chi connectivity index (χ0n) is 11.1. The second-order valence-electron chi connectivity index (χ2n) is 4.46. The van der Waals surface area contributed by atoms with Gasteiger partial charge in [-0.05, 0) is 18.1 Å². The lowest BCUT2D eigenvalue weighted by atomic mass is 10.2. The van der Waals surface area contributed by atoms with Crippen LogP contribution in [0.15, 0.2) is 16.5 Å². The maximum atomic E-state index is 11.9. The summed E-state index contributed by atoms with van der Waals surface area (Å²) >= 11 is 10.00. The number of thiophene rings is 1. The highest BCUT2D eigenvalue weighted by Crippen LogP contribution is 2.28. The Morgan fingerprint density at radius 1 is 1.40 bits per heavy atom. The van der Waals surface area contributed by atoms with Crippen molar-refractivity contribution in [3.63, 3.8) is 0 Å². The van der Waals surface area contributed by atoms with Crippen LogP contribution < -0.4 is 5.32 Å². The number of ketones is 1. The van der Waals surface area contributed by atoms with E-state index in [0.29, 0.717) is 20.9 Å². The van der Waals surface area contributed by atoms with Crippen molar-refractivity contribution >= 4 is 57.0 Å². The molecule has 0 saturated carbocycles. The molecule has 0 aliphatic rings. The minimum absolute atomic E-state index is 0.0683. The first-order chi connectivity index (χ1) is 9.54. The summed E-state index contributed by atoms with van der Waals surface area (Å²) in [4.78, 5) is 12.6. The molecule has 8 heteroatoms. The Morgan fingerprint density at radius 2 is 2.20 bits per heavy atom. The van der Waals surface area contributed by atoms with Gasteiger partial charge >= 0.3 is 0 Å². The molecular weight excluding hydrogens is 334 g/mol. The zero-order chi connectivity index (χ0) is 14.5. The largest absolute Gasteiger partial charge is 0.360 e. The van der Waals surface area contributed by atoms with Gasteiger partial charge in [0.25, 0.3) is 0 Å². The maximum absolute atomic E-state index is 11.9. The van der Waals surface area contributed by atoms with Crippen molar-refractivity contribution in [1.29, 1.82) is 0 Å². The molecule has 0 aromatic carbocycles. The van der Waals surface area contributed by atoms with Crippen LogP contribution >= 0.6 is 46.0 Å². The Hall–Kier alpha value is -0.630.